The predicted molar refractivity (Wildman–Crippen MR) is 98.0 cm³/mol. The first-order valence-electron chi connectivity index (χ1n) is 7.70. The normalized spacial score (nSPS) is 11.1. The van der Waals surface area contributed by atoms with Gasteiger partial charge in [0.2, 0.25) is 0 Å². The van der Waals surface area contributed by atoms with Crippen molar-refractivity contribution in [3.8, 4) is 0 Å². The summed E-state index contributed by atoms with van der Waals surface area (Å²) in [5, 5.41) is 0. The van der Waals surface area contributed by atoms with Crippen LogP contribution in [0, 0.1) is 0 Å². The summed E-state index contributed by atoms with van der Waals surface area (Å²) >= 11 is 0. The molecule has 1 rings (SSSR count). The van der Waals surface area contributed by atoms with Crippen LogP contribution in [-0.4, -0.2) is 30.8 Å². The van der Waals surface area contributed by atoms with Crippen LogP contribution in [0.5, 0.6) is 0 Å². The zero-order valence-corrected chi connectivity index (χ0v) is 15.9. The van der Waals surface area contributed by atoms with Crippen molar-refractivity contribution in [2.45, 2.75) is 65.7 Å². The van der Waals surface area contributed by atoms with E-state index in [0.717, 1.165) is 11.7 Å². The average Bonchev–Trinajstić information content (AvgIpc) is 2.36. The maximum absolute atomic E-state index is 12.6. The molecule has 113 valence electrons. The van der Waals surface area contributed by atoms with E-state index in [4.69, 9.17) is 0 Å². The van der Waals surface area contributed by atoms with E-state index in [9.17, 15) is 4.79 Å². The van der Waals surface area contributed by atoms with Crippen LogP contribution >= 0.6 is 9.24 Å². The molecule has 0 heterocycles. The van der Waals surface area contributed by atoms with E-state index < -0.39 is 0 Å². The van der Waals surface area contributed by atoms with Crippen molar-refractivity contribution in [3.63, 3.8) is 0 Å². The summed E-state index contributed by atoms with van der Waals surface area (Å²) in [4.78, 5) is 12.6. The van der Waals surface area contributed by atoms with Gasteiger partial charge in [-0.1, -0.05) is 53.7 Å². The molecule has 0 saturated heterocycles. The fourth-order valence-corrected chi connectivity index (χ4v) is 2.80. The maximum atomic E-state index is 12.6. The molecule has 1 nitrogen and oxygen atoms in total. The van der Waals surface area contributed by atoms with Crippen LogP contribution in [-0.2, 0) is 0 Å². The van der Waals surface area contributed by atoms with Crippen LogP contribution in [0.25, 0.3) is 0 Å². The number of benzene rings is 1. The summed E-state index contributed by atoms with van der Waals surface area (Å²) < 4.78 is 0. The maximum Gasteiger partial charge on any atom is 0.163 e. The summed E-state index contributed by atoms with van der Waals surface area (Å²) in [5.41, 5.74) is 4.79. The van der Waals surface area contributed by atoms with Gasteiger partial charge in [-0.15, -0.1) is 9.24 Å². The molecule has 1 unspecified atom stereocenters. The summed E-state index contributed by atoms with van der Waals surface area (Å²) in [6.45, 7) is 13.2. The van der Waals surface area contributed by atoms with Gasteiger partial charge in [0.25, 0.3) is 0 Å². The molecule has 0 amide bonds. The molecule has 0 saturated carbocycles. The predicted octanol–water partition coefficient (Wildman–Crippen LogP) is 5.12. The van der Waals surface area contributed by atoms with Crippen LogP contribution < -0.4 is 0 Å². The van der Waals surface area contributed by atoms with Gasteiger partial charge >= 0.3 is 0 Å². The molecule has 3 heteroatoms. The first-order chi connectivity index (χ1) is 9.29. The molecular weight excluding hydrogens is 270 g/mol. The Bertz CT molecular complexity index is 449. The molecule has 0 bridgehead atoms. The Hall–Kier alpha value is -0.0826. The topological polar surface area (TPSA) is 17.1 Å². The Labute approximate surface area is 145 Å². The number of ketones is 1. The molecule has 0 aliphatic heterocycles. The van der Waals surface area contributed by atoms with E-state index in [2.05, 4.69) is 62.9 Å². The third-order valence-electron chi connectivity index (χ3n) is 3.78. The zero-order valence-electron chi connectivity index (χ0n) is 14.8. The molecule has 1 aromatic rings. The van der Waals surface area contributed by atoms with Crippen molar-refractivity contribution in [3.05, 3.63) is 34.4 Å². The van der Waals surface area contributed by atoms with E-state index >= 15 is 0 Å². The Morgan fingerprint density at radius 3 is 1.67 bits per heavy atom. The molecular formula is C18H29LiOP. The standard InChI is InChI=1S/C18H29OP.Li/c1-11(2)14-9-15(12(3)4)18(17(19)7-8-20)16(10-14)13(5)6;/h9-13H,7-8,20H2,1-6H3;. The second-order valence-electron chi connectivity index (χ2n) is 6.50. The van der Waals surface area contributed by atoms with Gasteiger partial charge in [-0.2, -0.15) is 0 Å². The number of hydrogen-bond acceptors (Lipinski definition) is 1. The number of Topliss-reactive ketones (excluding diaryl/α,β-unsaturated/α-hetero) is 1. The molecule has 21 heavy (non-hydrogen) atoms. The Morgan fingerprint density at radius 2 is 1.38 bits per heavy atom. The minimum atomic E-state index is 0. The van der Waals surface area contributed by atoms with Crippen LogP contribution in [0.3, 0.4) is 0 Å². The van der Waals surface area contributed by atoms with E-state index in [1.54, 1.807) is 0 Å². The monoisotopic (exact) mass is 299 g/mol. The van der Waals surface area contributed by atoms with Gasteiger partial charge < -0.3 is 0 Å². The Morgan fingerprint density at radius 1 is 0.952 bits per heavy atom. The average molecular weight is 299 g/mol. The second-order valence-corrected chi connectivity index (χ2v) is 7.08. The van der Waals surface area contributed by atoms with Gasteiger partial charge in [0, 0.05) is 30.8 Å². The minimum absolute atomic E-state index is 0. The quantitative estimate of drug-likeness (QED) is 0.404. The van der Waals surface area contributed by atoms with Crippen molar-refractivity contribution >= 4 is 33.9 Å². The fraction of sp³-hybridized carbons (Fsp3) is 0.611. The van der Waals surface area contributed by atoms with Crippen LogP contribution in [0.4, 0.5) is 0 Å². The molecule has 0 spiro atoms. The molecule has 1 radical (unpaired) electrons. The number of carbonyl (C=O) groups excluding carboxylic acids is 1. The van der Waals surface area contributed by atoms with Crippen molar-refractivity contribution in [2.75, 3.05) is 6.16 Å². The molecule has 1 aromatic carbocycles. The molecule has 0 aliphatic carbocycles. The number of carbonyl (C=O) groups is 1. The summed E-state index contributed by atoms with van der Waals surface area (Å²) in [7, 11) is 2.66. The van der Waals surface area contributed by atoms with Crippen molar-refractivity contribution in [1.29, 1.82) is 0 Å². The first kappa shape index (κ1) is 20.9. The third-order valence-corrected chi connectivity index (χ3v) is 4.07. The largest absolute Gasteiger partial charge is 0.294 e. The zero-order chi connectivity index (χ0) is 15.4. The second kappa shape index (κ2) is 9.15. The van der Waals surface area contributed by atoms with Gasteiger partial charge in [-0.3, -0.25) is 4.79 Å². The minimum Gasteiger partial charge on any atom is -0.294 e. The van der Waals surface area contributed by atoms with Gasteiger partial charge in [0.05, 0.1) is 0 Å². The van der Waals surface area contributed by atoms with Gasteiger partial charge in [-0.05, 0) is 40.6 Å². The third kappa shape index (κ3) is 5.24. The van der Waals surface area contributed by atoms with E-state index in [1.807, 2.05) is 0 Å². The molecule has 0 aromatic heterocycles. The first-order valence-corrected chi connectivity index (χ1v) is 8.52. The van der Waals surface area contributed by atoms with Crippen molar-refractivity contribution in [1.82, 2.24) is 0 Å². The van der Waals surface area contributed by atoms with E-state index in [0.29, 0.717) is 30.0 Å². The number of rotatable bonds is 6. The Kier molecular flexibility index (Phi) is 9.11. The van der Waals surface area contributed by atoms with Gasteiger partial charge in [-0.25, -0.2) is 0 Å². The van der Waals surface area contributed by atoms with Gasteiger partial charge in [0.15, 0.2) is 5.78 Å². The molecule has 1 atom stereocenters. The Balaban J connectivity index is 0.00000400. The molecule has 0 fully saturated rings. The molecule has 0 aliphatic rings. The van der Waals surface area contributed by atoms with E-state index in [-0.39, 0.29) is 18.9 Å². The summed E-state index contributed by atoms with van der Waals surface area (Å²) in [5.74, 6) is 1.56. The summed E-state index contributed by atoms with van der Waals surface area (Å²) in [6, 6.07) is 4.49. The fourth-order valence-electron chi connectivity index (χ4n) is 2.53. The van der Waals surface area contributed by atoms with Crippen LogP contribution in [0.1, 0.15) is 92.8 Å². The van der Waals surface area contributed by atoms with Crippen molar-refractivity contribution < 1.29 is 4.79 Å². The van der Waals surface area contributed by atoms with Gasteiger partial charge in [0.1, 0.15) is 0 Å². The number of hydrogen-bond donors (Lipinski definition) is 0. The SMILES string of the molecule is CC(C)c1cc(C(C)C)c(C(=O)CCP)c(C(C)C)c1.[Li]. The van der Waals surface area contributed by atoms with Crippen LogP contribution in [0.15, 0.2) is 12.1 Å². The summed E-state index contributed by atoms with van der Waals surface area (Å²) in [6.07, 6.45) is 1.45. The van der Waals surface area contributed by atoms with Crippen LogP contribution in [0.2, 0.25) is 0 Å². The smallest absolute Gasteiger partial charge is 0.163 e. The van der Waals surface area contributed by atoms with Crippen molar-refractivity contribution in [2.24, 2.45) is 0 Å². The molecule has 0 N–H and O–H groups in total. The van der Waals surface area contributed by atoms with E-state index in [1.165, 1.54) is 16.7 Å².